The molecule has 2 aromatic heterocycles. The highest BCUT2D eigenvalue weighted by atomic mass is 16.2. The Morgan fingerprint density at radius 2 is 2.00 bits per heavy atom. The Bertz CT molecular complexity index is 905. The molecule has 0 saturated carbocycles. The van der Waals surface area contributed by atoms with Gasteiger partial charge in [-0.15, -0.1) is 0 Å². The molecule has 1 aromatic carbocycles. The highest BCUT2D eigenvalue weighted by molar-refractivity contribution is 5.80. The quantitative estimate of drug-likeness (QED) is 0.712. The summed E-state index contributed by atoms with van der Waals surface area (Å²) in [4.78, 5) is 31.9. The number of fused-ring (bicyclic) bond motifs is 1. The van der Waals surface area contributed by atoms with Crippen LogP contribution in [0.5, 0.6) is 0 Å². The number of carbonyl (C=O) groups excluding carboxylic acids is 1. The Hall–Kier alpha value is -2.96. The second kappa shape index (κ2) is 7.96. The minimum Gasteiger partial charge on any atom is -0.346 e. The van der Waals surface area contributed by atoms with Gasteiger partial charge in [-0.25, -0.2) is 15.0 Å². The number of aromatic nitrogens is 4. The van der Waals surface area contributed by atoms with Crippen molar-refractivity contribution in [3.05, 3.63) is 48.5 Å². The summed E-state index contributed by atoms with van der Waals surface area (Å²) in [6.45, 7) is 5.72. The molecule has 28 heavy (non-hydrogen) atoms. The number of H-pyrrole nitrogens is 1. The van der Waals surface area contributed by atoms with Gasteiger partial charge in [0.05, 0.1) is 23.0 Å². The summed E-state index contributed by atoms with van der Waals surface area (Å²) in [7, 11) is 0. The van der Waals surface area contributed by atoms with Crippen molar-refractivity contribution in [2.45, 2.75) is 32.7 Å². The molecular weight excluding hydrogens is 352 g/mol. The highest BCUT2D eigenvalue weighted by Gasteiger charge is 2.30. The molecule has 2 atom stereocenters. The van der Waals surface area contributed by atoms with Crippen molar-refractivity contribution in [1.29, 1.82) is 0 Å². The van der Waals surface area contributed by atoms with Gasteiger partial charge in [0, 0.05) is 25.5 Å². The largest absolute Gasteiger partial charge is 0.346 e. The Balaban J connectivity index is 1.48. The fraction of sp³-hybridized carbons (Fsp3) is 0.429. The zero-order valence-electron chi connectivity index (χ0n) is 16.3. The first-order valence-electron chi connectivity index (χ1n) is 9.89. The molecule has 3 aromatic rings. The van der Waals surface area contributed by atoms with Crippen molar-refractivity contribution in [3.63, 3.8) is 0 Å². The van der Waals surface area contributed by atoms with Crippen LogP contribution in [0.15, 0.2) is 42.7 Å². The van der Waals surface area contributed by atoms with Crippen LogP contribution in [0.4, 0.5) is 5.95 Å². The SMILES string of the molecule is CC(C)[C@@H](NC(=O)[C@@H]1CCCN(c2ncccn2)C1)c1nc2ccccc2[nH]1. The number of nitrogens with zero attached hydrogens (tertiary/aromatic N) is 4. The lowest BCUT2D eigenvalue weighted by molar-refractivity contribution is -0.126. The summed E-state index contributed by atoms with van der Waals surface area (Å²) >= 11 is 0. The van der Waals surface area contributed by atoms with Crippen LogP contribution in [0.1, 0.15) is 38.6 Å². The zero-order chi connectivity index (χ0) is 19.5. The molecule has 1 amide bonds. The van der Waals surface area contributed by atoms with E-state index < -0.39 is 0 Å². The van der Waals surface area contributed by atoms with Crippen molar-refractivity contribution in [2.24, 2.45) is 11.8 Å². The molecule has 1 saturated heterocycles. The molecule has 1 fully saturated rings. The standard InChI is InChI=1S/C21H26N6O/c1-14(2)18(19-24-16-8-3-4-9-17(16)25-19)26-20(28)15-7-5-12-27(13-15)21-22-10-6-11-23-21/h3-4,6,8-11,14-15,18H,5,7,12-13H2,1-2H3,(H,24,25)(H,26,28)/t15-,18-/m1/s1. The molecule has 0 aliphatic carbocycles. The van der Waals surface area contributed by atoms with Gasteiger partial charge in [-0.2, -0.15) is 0 Å². The van der Waals surface area contributed by atoms with Crippen molar-refractivity contribution in [2.75, 3.05) is 18.0 Å². The maximum atomic E-state index is 13.1. The average Bonchev–Trinajstić information content (AvgIpc) is 3.16. The third kappa shape index (κ3) is 3.83. The Labute approximate surface area is 164 Å². The third-order valence-corrected chi connectivity index (χ3v) is 5.29. The first-order valence-corrected chi connectivity index (χ1v) is 9.89. The van der Waals surface area contributed by atoms with Crippen molar-refractivity contribution >= 4 is 22.9 Å². The number of carbonyl (C=O) groups is 1. The zero-order valence-corrected chi connectivity index (χ0v) is 16.3. The molecular formula is C21H26N6O. The minimum absolute atomic E-state index is 0.0692. The number of nitrogens with one attached hydrogen (secondary N) is 2. The molecule has 0 unspecified atom stereocenters. The highest BCUT2D eigenvalue weighted by Crippen LogP contribution is 2.25. The average molecular weight is 378 g/mol. The van der Waals surface area contributed by atoms with E-state index in [-0.39, 0.29) is 23.8 Å². The summed E-state index contributed by atoms with van der Waals surface area (Å²) in [5, 5.41) is 3.24. The molecule has 4 rings (SSSR count). The van der Waals surface area contributed by atoms with Gasteiger partial charge in [-0.3, -0.25) is 4.79 Å². The molecule has 0 spiro atoms. The van der Waals surface area contributed by atoms with Crippen LogP contribution < -0.4 is 10.2 Å². The van der Waals surface area contributed by atoms with E-state index in [1.54, 1.807) is 18.5 Å². The molecule has 7 heteroatoms. The number of aromatic amines is 1. The Morgan fingerprint density at radius 3 is 2.75 bits per heavy atom. The number of anilines is 1. The smallest absolute Gasteiger partial charge is 0.225 e. The summed E-state index contributed by atoms with van der Waals surface area (Å²) in [6.07, 6.45) is 5.30. The molecule has 3 heterocycles. The van der Waals surface area contributed by atoms with Gasteiger partial charge in [0.2, 0.25) is 11.9 Å². The van der Waals surface area contributed by atoms with Gasteiger partial charge in [0.15, 0.2) is 0 Å². The van der Waals surface area contributed by atoms with E-state index in [4.69, 9.17) is 4.98 Å². The monoisotopic (exact) mass is 378 g/mol. The van der Waals surface area contributed by atoms with E-state index in [1.165, 1.54) is 0 Å². The molecule has 146 valence electrons. The summed E-state index contributed by atoms with van der Waals surface area (Å²) in [5.41, 5.74) is 1.91. The van der Waals surface area contributed by atoms with Crippen LogP contribution in [0, 0.1) is 11.8 Å². The fourth-order valence-electron chi connectivity index (χ4n) is 3.77. The van der Waals surface area contributed by atoms with Crippen molar-refractivity contribution in [1.82, 2.24) is 25.3 Å². The van der Waals surface area contributed by atoms with E-state index in [0.717, 1.165) is 36.2 Å². The van der Waals surface area contributed by atoms with E-state index in [9.17, 15) is 4.79 Å². The van der Waals surface area contributed by atoms with Crippen LogP contribution in [0.3, 0.4) is 0 Å². The van der Waals surface area contributed by atoms with Crippen LogP contribution in [0.2, 0.25) is 0 Å². The minimum atomic E-state index is -0.150. The lowest BCUT2D eigenvalue weighted by Crippen LogP contribution is -2.45. The predicted molar refractivity (Wildman–Crippen MR) is 109 cm³/mol. The number of benzene rings is 1. The Morgan fingerprint density at radius 1 is 1.21 bits per heavy atom. The first kappa shape index (κ1) is 18.4. The van der Waals surface area contributed by atoms with E-state index in [0.29, 0.717) is 12.5 Å². The predicted octanol–water partition coefficient (Wildman–Crippen LogP) is 3.08. The number of piperidine rings is 1. The summed E-state index contributed by atoms with van der Waals surface area (Å²) in [5.74, 6) is 1.71. The number of amides is 1. The number of hydrogen-bond acceptors (Lipinski definition) is 5. The molecule has 1 aliphatic heterocycles. The maximum Gasteiger partial charge on any atom is 0.225 e. The number of hydrogen-bond donors (Lipinski definition) is 2. The fourth-order valence-corrected chi connectivity index (χ4v) is 3.77. The first-order chi connectivity index (χ1) is 13.6. The number of rotatable bonds is 5. The molecule has 7 nitrogen and oxygen atoms in total. The van der Waals surface area contributed by atoms with Gasteiger partial charge in [0.1, 0.15) is 5.82 Å². The van der Waals surface area contributed by atoms with Gasteiger partial charge in [0.25, 0.3) is 0 Å². The van der Waals surface area contributed by atoms with E-state index >= 15 is 0 Å². The second-order valence-electron chi connectivity index (χ2n) is 7.70. The van der Waals surface area contributed by atoms with Gasteiger partial charge in [-0.05, 0) is 37.0 Å². The second-order valence-corrected chi connectivity index (χ2v) is 7.70. The van der Waals surface area contributed by atoms with E-state index in [1.807, 2.05) is 24.3 Å². The van der Waals surface area contributed by atoms with Crippen LogP contribution in [-0.4, -0.2) is 38.9 Å². The molecule has 2 N–H and O–H groups in total. The maximum absolute atomic E-state index is 13.1. The number of para-hydroxylation sites is 2. The molecule has 0 radical (unpaired) electrons. The summed E-state index contributed by atoms with van der Waals surface area (Å²) in [6, 6.07) is 9.59. The topological polar surface area (TPSA) is 86.8 Å². The summed E-state index contributed by atoms with van der Waals surface area (Å²) < 4.78 is 0. The van der Waals surface area contributed by atoms with Crippen molar-refractivity contribution < 1.29 is 4.79 Å². The van der Waals surface area contributed by atoms with E-state index in [2.05, 4.69) is 39.0 Å². The van der Waals surface area contributed by atoms with Crippen LogP contribution >= 0.6 is 0 Å². The third-order valence-electron chi connectivity index (χ3n) is 5.29. The Kier molecular flexibility index (Phi) is 5.23. The van der Waals surface area contributed by atoms with Gasteiger partial charge < -0.3 is 15.2 Å². The van der Waals surface area contributed by atoms with Crippen LogP contribution in [-0.2, 0) is 4.79 Å². The lowest BCUT2D eigenvalue weighted by atomic mass is 9.95. The van der Waals surface area contributed by atoms with Crippen LogP contribution in [0.25, 0.3) is 11.0 Å². The molecule has 1 aliphatic rings. The lowest BCUT2D eigenvalue weighted by Gasteiger charge is -2.33. The van der Waals surface area contributed by atoms with Gasteiger partial charge in [-0.1, -0.05) is 26.0 Å². The van der Waals surface area contributed by atoms with Gasteiger partial charge >= 0.3 is 0 Å². The number of imidazole rings is 1. The molecule has 0 bridgehead atoms. The van der Waals surface area contributed by atoms with Crippen molar-refractivity contribution in [3.8, 4) is 0 Å². The normalized spacial score (nSPS) is 18.4.